The molecule has 11 amide bonds. The Labute approximate surface area is 658 Å². The van der Waals surface area contributed by atoms with Gasteiger partial charge in [-0.2, -0.15) is 0 Å². The predicted molar refractivity (Wildman–Crippen MR) is 405 cm³/mol. The molecule has 0 bridgehead atoms. The number of likely N-dealkylation sites (tertiary alicyclic amines) is 2. The van der Waals surface area contributed by atoms with Crippen molar-refractivity contribution in [3.63, 3.8) is 0 Å². The Balaban J connectivity index is 0.000000331. The molecule has 4 aliphatic carbocycles. The van der Waals surface area contributed by atoms with Gasteiger partial charge in [-0.1, -0.05) is 115 Å². The molecule has 8 rings (SSSR count). The molecule has 10 N–H and O–H groups in total. The number of Topliss-reactive ketones (excluding diaryl/α,β-unsaturated/α-hetero) is 2. The molecule has 2 aromatic carbocycles. The number of hydrogen-bond donors (Lipinski definition) is 9. The molecule has 112 heavy (non-hydrogen) atoms. The van der Waals surface area contributed by atoms with Gasteiger partial charge >= 0.3 is 18.2 Å². The van der Waals surface area contributed by atoms with E-state index in [2.05, 4.69) is 37.2 Å². The largest absolute Gasteiger partial charge is 0.480 e. The van der Waals surface area contributed by atoms with Gasteiger partial charge in [-0.15, -0.1) is 12.4 Å². The lowest BCUT2D eigenvalue weighted by Gasteiger charge is -2.38. The number of carboxylic acids is 1. The van der Waals surface area contributed by atoms with E-state index in [1.54, 1.807) is 123 Å². The smallest absolute Gasteiger partial charge is 0.408 e. The number of rotatable bonds is 27. The van der Waals surface area contributed by atoms with E-state index in [1.807, 2.05) is 34.6 Å². The highest BCUT2D eigenvalue weighted by molar-refractivity contribution is 6.39. The summed E-state index contributed by atoms with van der Waals surface area (Å²) in [4.78, 5) is 185. The number of nitrogens with two attached hydrogens (primary N) is 1. The van der Waals surface area contributed by atoms with Crippen LogP contribution in [-0.2, 0) is 67.0 Å². The van der Waals surface area contributed by atoms with Crippen molar-refractivity contribution in [2.45, 2.75) is 232 Å². The number of hydrogen-bond acceptors (Lipinski definition) is 17. The number of carbonyl (C=O) groups is 14. The number of benzene rings is 2. The van der Waals surface area contributed by atoms with Gasteiger partial charge in [0.05, 0.1) is 25.2 Å². The number of likely N-dealkylation sites (N-methyl/N-ethyl adjacent to an activating group) is 2. The third kappa shape index (κ3) is 25.0. The lowest BCUT2D eigenvalue weighted by molar-refractivity contribution is -0.152. The van der Waals surface area contributed by atoms with Gasteiger partial charge < -0.3 is 77.1 Å². The second kappa shape index (κ2) is 38.7. The number of carboxylic acid groups (broad SMARTS) is 1. The number of carbonyl (C=O) groups excluding carboxylic acids is 13. The van der Waals surface area contributed by atoms with Crippen LogP contribution in [0.4, 0.5) is 27.2 Å². The van der Waals surface area contributed by atoms with Crippen molar-refractivity contribution in [3.05, 3.63) is 71.8 Å². The monoisotopic (exact) mass is 1600 g/mol. The van der Waals surface area contributed by atoms with Crippen LogP contribution in [0.5, 0.6) is 0 Å². The highest BCUT2D eigenvalue weighted by Gasteiger charge is 2.71. The molecule has 29 nitrogen and oxygen atoms in total. The van der Waals surface area contributed by atoms with Crippen LogP contribution in [0.15, 0.2) is 60.7 Å². The molecule has 2 heterocycles. The molecule has 34 heteroatoms. The van der Waals surface area contributed by atoms with Crippen LogP contribution in [0, 0.1) is 46.3 Å². The molecule has 2 aromatic rings. The molecule has 4 unspecified atom stereocenters. The van der Waals surface area contributed by atoms with E-state index in [-0.39, 0.29) is 104 Å². The highest BCUT2D eigenvalue weighted by atomic mass is 35.5. The summed E-state index contributed by atoms with van der Waals surface area (Å²) in [6.45, 7) is 20.9. The SMILES string of the molecule is CC(C)(C)OC(=O)NC(C(=O)N1C[C@H]2[C@@H]([C@H]1C(=O)O)C2(C)C)C1CCC(F)(F)CC1.CCCC(N)C(=O)C(=O)NCC(=O)N[C@H](C(=O)N(C)C)c1ccccc1.CCCC(NC(=O)[C@@H]1[C@@H]2[C@H](CN1C(=O)C(NC(=O)OC(C)(C)C)C1CCC(F)(F)CC1)C2(C)C)C(=O)C(=O)NCC(=O)N[C@H](C(=O)N(C)C)c1ccccc1.Cl. The number of halogens is 5. The average Bonchev–Trinajstić information content (AvgIpc) is 1.53. The summed E-state index contributed by atoms with van der Waals surface area (Å²) in [5.74, 6) is -15.9. The third-order valence-electron chi connectivity index (χ3n) is 21.5. The molecule has 4 saturated carbocycles. The first-order valence-electron chi connectivity index (χ1n) is 37.9. The molecule has 0 spiro atoms. The highest BCUT2D eigenvalue weighted by Crippen LogP contribution is 2.66. The molecule has 2 saturated heterocycles. The maximum absolute atomic E-state index is 14.3. The van der Waals surface area contributed by atoms with E-state index in [1.165, 1.54) is 33.7 Å². The van der Waals surface area contributed by atoms with Gasteiger partial charge in [-0.3, -0.25) is 52.7 Å². The summed E-state index contributed by atoms with van der Waals surface area (Å²) < 4.78 is 66.3. The van der Waals surface area contributed by atoms with Gasteiger partial charge in [0.1, 0.15) is 47.5 Å². The minimum Gasteiger partial charge on any atom is -0.480 e. The summed E-state index contributed by atoms with van der Waals surface area (Å²) in [5, 5.41) is 27.3. The van der Waals surface area contributed by atoms with E-state index in [0.29, 0.717) is 36.9 Å². The van der Waals surface area contributed by atoms with Gasteiger partial charge in [-0.25, -0.2) is 31.9 Å². The Bertz CT molecular complexity index is 3710. The lowest BCUT2D eigenvalue weighted by atomic mass is 9.81. The third-order valence-corrected chi connectivity index (χ3v) is 21.5. The molecule has 0 aromatic heterocycles. The Morgan fingerprint density at radius 1 is 0.536 bits per heavy atom. The van der Waals surface area contributed by atoms with E-state index >= 15 is 0 Å². The Hall–Kier alpha value is -9.01. The van der Waals surface area contributed by atoms with E-state index in [0.717, 1.165) is 0 Å². The molecular weight excluding hydrogens is 1490 g/mol. The average molecular weight is 1600 g/mol. The van der Waals surface area contributed by atoms with Crippen LogP contribution in [0.3, 0.4) is 0 Å². The summed E-state index contributed by atoms with van der Waals surface area (Å²) in [6, 6.07) is 8.85. The van der Waals surface area contributed by atoms with E-state index < -0.39 is 186 Å². The predicted octanol–water partition coefficient (Wildman–Crippen LogP) is 6.54. The summed E-state index contributed by atoms with van der Waals surface area (Å²) in [7, 11) is 6.25. The fourth-order valence-electron chi connectivity index (χ4n) is 15.3. The van der Waals surface area contributed by atoms with Crippen LogP contribution >= 0.6 is 12.4 Å². The van der Waals surface area contributed by atoms with Crippen LogP contribution in [0.2, 0.25) is 0 Å². The lowest BCUT2D eigenvalue weighted by Crippen LogP contribution is -2.60. The quantitative estimate of drug-likeness (QED) is 0.0338. The van der Waals surface area contributed by atoms with Crippen LogP contribution in [0.25, 0.3) is 0 Å². The number of ether oxygens (including phenoxy) is 2. The number of piperidine rings is 2. The number of alkyl halides is 4. The molecule has 6 aliphatic rings. The van der Waals surface area contributed by atoms with Gasteiger partial charge in [0.2, 0.25) is 64.8 Å². The standard InChI is InChI=1S/C39H56F2N6O8.C21H32F2N2O5.C18H26N4O4.ClH/c1-9-13-25(31(49)33(51)42-20-26(48)44-28(34(52)46(7)8)22-14-11-10-12-15-22)43-32(50)30-27-24(38(27,5)6)21-47(30)35(53)29(45-36(54)55-37(2,3)4)23-16-18-39(40,41)19-17-23;1-19(2,3)30-18(29)24-14(11-6-8-21(22,23)9-7-11)16(26)25-10-12-13(20(12,4)5)15(25)17(27)28;1-4-8-13(19)16(24)17(25)20-11-14(23)21-15(18(26)22(2)3)12-9-6-5-7-10-12;/h10-12,14-15,23-25,27-30H,9,13,16-21H2,1-8H3,(H,42,51)(H,43,50)(H,44,48)(H,45,54);11-15H,6-10H2,1-5H3,(H,24,29)(H,27,28);5-7,9-10,13,15H,4,8,11,19H2,1-3H3,(H,20,25)(H,21,23);1H/t24-,25?,27-,28-,29?,30-;12-,13-,14?,15-;13?,15-;/m000./s1. The second-order valence-electron chi connectivity index (χ2n) is 33.4. The summed E-state index contributed by atoms with van der Waals surface area (Å²) >= 11 is 0. The van der Waals surface area contributed by atoms with Crippen molar-refractivity contribution in [1.29, 1.82) is 0 Å². The minimum absolute atomic E-state index is 0. The Morgan fingerprint density at radius 3 is 1.22 bits per heavy atom. The van der Waals surface area contributed by atoms with Crippen molar-refractivity contribution in [2.75, 3.05) is 54.4 Å². The summed E-state index contributed by atoms with van der Waals surface area (Å²) in [6.07, 6.45) is -1.69. The first kappa shape index (κ1) is 93.6. The van der Waals surface area contributed by atoms with E-state index in [4.69, 9.17) is 15.2 Å². The van der Waals surface area contributed by atoms with Gasteiger partial charge in [-0.05, 0) is 132 Å². The van der Waals surface area contributed by atoms with Gasteiger partial charge in [0.15, 0.2) is 0 Å². The molecular formula is C78H115ClF4N12O17. The number of alkyl carbamates (subject to hydrolysis) is 2. The molecule has 12 atom stereocenters. The van der Waals surface area contributed by atoms with Crippen LogP contribution in [0.1, 0.15) is 183 Å². The zero-order chi connectivity index (χ0) is 83.4. The summed E-state index contributed by atoms with van der Waals surface area (Å²) in [5.41, 5.74) is 4.57. The number of nitrogens with zero attached hydrogens (tertiary/aromatic N) is 4. The Kier molecular flexibility index (Phi) is 32.3. The molecule has 624 valence electrons. The van der Waals surface area contributed by atoms with Crippen LogP contribution in [-0.4, -0.2) is 221 Å². The Morgan fingerprint density at radius 2 is 0.884 bits per heavy atom. The number of nitrogens with one attached hydrogen (secondary N) is 7. The first-order chi connectivity index (χ1) is 51.5. The molecule has 0 radical (unpaired) electrons. The number of ketones is 2. The van der Waals surface area contributed by atoms with Gasteiger partial charge in [0.25, 0.3) is 11.8 Å². The topological polar surface area (TPSA) is 401 Å². The minimum atomic E-state index is -2.88. The second-order valence-corrected chi connectivity index (χ2v) is 33.4. The number of amides is 11. The van der Waals surface area contributed by atoms with Crippen molar-refractivity contribution >= 4 is 95.3 Å². The van der Waals surface area contributed by atoms with Gasteiger partial charge in [0, 0.05) is 72.9 Å². The van der Waals surface area contributed by atoms with Crippen molar-refractivity contribution in [2.24, 2.45) is 52.1 Å². The van der Waals surface area contributed by atoms with Crippen molar-refractivity contribution in [1.82, 2.24) is 56.8 Å². The maximum atomic E-state index is 14.3. The van der Waals surface area contributed by atoms with E-state index in [9.17, 15) is 89.8 Å². The first-order valence-corrected chi connectivity index (χ1v) is 37.9. The molecule has 6 fully saturated rings. The number of aliphatic carboxylic acids is 1. The zero-order valence-corrected chi connectivity index (χ0v) is 67.8. The number of fused-ring (bicyclic) bond motifs is 2. The maximum Gasteiger partial charge on any atom is 0.408 e. The fourth-order valence-corrected chi connectivity index (χ4v) is 15.3. The van der Waals surface area contributed by atoms with Crippen LogP contribution < -0.4 is 43.0 Å². The zero-order valence-electron chi connectivity index (χ0n) is 66.9. The van der Waals surface area contributed by atoms with Crippen molar-refractivity contribution < 1.29 is 99.3 Å². The molecule has 2 aliphatic heterocycles. The van der Waals surface area contributed by atoms with Crippen molar-refractivity contribution in [3.8, 4) is 0 Å². The normalized spacial score (nSPS) is 22.4. The fraction of sp³-hybridized carbons (Fsp3) is 0.667.